The molecule has 1 aliphatic rings. The van der Waals surface area contributed by atoms with Crippen LogP contribution >= 0.6 is 11.3 Å². The van der Waals surface area contributed by atoms with Gasteiger partial charge in [-0.1, -0.05) is 12.1 Å². The number of anilines is 1. The quantitative estimate of drug-likeness (QED) is 0.522. The van der Waals surface area contributed by atoms with Crippen LogP contribution in [-0.2, 0) is 11.2 Å². The van der Waals surface area contributed by atoms with Gasteiger partial charge in [-0.15, -0.1) is 11.3 Å². The molecule has 0 bridgehead atoms. The van der Waals surface area contributed by atoms with E-state index in [1.54, 1.807) is 0 Å². The highest BCUT2D eigenvalue weighted by atomic mass is 32.1. The monoisotopic (exact) mass is 406 g/mol. The largest absolute Gasteiger partial charge is 0.486 e. The molecule has 0 fully saturated rings. The molecule has 3 heterocycles. The van der Waals surface area contributed by atoms with Crippen molar-refractivity contribution in [2.24, 2.45) is 0 Å². The maximum atomic E-state index is 12.3. The zero-order valence-corrected chi connectivity index (χ0v) is 16.3. The number of aromatic amines is 1. The van der Waals surface area contributed by atoms with E-state index in [0.29, 0.717) is 31.2 Å². The van der Waals surface area contributed by atoms with Gasteiger partial charge in [0.1, 0.15) is 19.0 Å². The number of hydrogen-bond acceptors (Lipinski definition) is 6. The minimum atomic E-state index is -0.0893. The second-order valence-electron chi connectivity index (χ2n) is 6.65. The van der Waals surface area contributed by atoms with Crippen molar-refractivity contribution in [2.45, 2.75) is 12.8 Å². The summed E-state index contributed by atoms with van der Waals surface area (Å²) in [6.45, 7) is 1.10. The van der Waals surface area contributed by atoms with Crippen LogP contribution in [0.2, 0.25) is 0 Å². The molecular formula is C21H18N4O3S. The normalized spacial score (nSPS) is 12.8. The Labute approximate surface area is 170 Å². The maximum absolute atomic E-state index is 12.3. The maximum Gasteiger partial charge on any atom is 0.226 e. The Morgan fingerprint density at radius 2 is 1.97 bits per heavy atom. The lowest BCUT2D eigenvalue weighted by atomic mass is 10.1. The summed E-state index contributed by atoms with van der Waals surface area (Å²) in [5.41, 5.74) is 3.60. The lowest BCUT2D eigenvalue weighted by molar-refractivity contribution is -0.116. The molecule has 0 unspecified atom stereocenters. The summed E-state index contributed by atoms with van der Waals surface area (Å²) in [4.78, 5) is 24.6. The second-order valence-corrected chi connectivity index (χ2v) is 7.50. The molecule has 1 amide bonds. The zero-order valence-electron chi connectivity index (χ0n) is 15.5. The SMILES string of the molecule is O=C(CCc1nc2ccccc2[nH]1)Nc1nc(-c2ccc3c(c2)OCCO3)cs1. The van der Waals surface area contributed by atoms with Gasteiger partial charge in [0.15, 0.2) is 16.6 Å². The van der Waals surface area contributed by atoms with Crippen LogP contribution in [0, 0.1) is 0 Å². The molecule has 7 nitrogen and oxygen atoms in total. The van der Waals surface area contributed by atoms with Crippen molar-refractivity contribution in [1.82, 2.24) is 15.0 Å². The van der Waals surface area contributed by atoms with Gasteiger partial charge in [0.2, 0.25) is 5.91 Å². The lowest BCUT2D eigenvalue weighted by Crippen LogP contribution is -2.15. The predicted molar refractivity (Wildman–Crippen MR) is 112 cm³/mol. The van der Waals surface area contributed by atoms with Crippen molar-refractivity contribution in [1.29, 1.82) is 0 Å². The van der Waals surface area contributed by atoms with Crippen LogP contribution in [-0.4, -0.2) is 34.1 Å². The van der Waals surface area contributed by atoms with Gasteiger partial charge in [0.25, 0.3) is 0 Å². The van der Waals surface area contributed by atoms with E-state index in [1.165, 1.54) is 11.3 Å². The second kappa shape index (κ2) is 7.56. The van der Waals surface area contributed by atoms with Crippen LogP contribution in [0.4, 0.5) is 5.13 Å². The van der Waals surface area contributed by atoms with E-state index in [0.717, 1.165) is 39.6 Å². The molecule has 0 saturated heterocycles. The van der Waals surface area contributed by atoms with Gasteiger partial charge in [0, 0.05) is 23.8 Å². The molecule has 29 heavy (non-hydrogen) atoms. The lowest BCUT2D eigenvalue weighted by Gasteiger charge is -2.18. The van der Waals surface area contributed by atoms with Crippen LogP contribution in [0.25, 0.3) is 22.3 Å². The van der Waals surface area contributed by atoms with Crippen molar-refractivity contribution >= 4 is 33.4 Å². The van der Waals surface area contributed by atoms with E-state index >= 15 is 0 Å². The van der Waals surface area contributed by atoms with E-state index in [1.807, 2.05) is 47.8 Å². The van der Waals surface area contributed by atoms with Gasteiger partial charge in [-0.25, -0.2) is 9.97 Å². The van der Waals surface area contributed by atoms with Crippen molar-refractivity contribution in [2.75, 3.05) is 18.5 Å². The van der Waals surface area contributed by atoms with Crippen LogP contribution in [0.1, 0.15) is 12.2 Å². The molecule has 4 aromatic rings. The van der Waals surface area contributed by atoms with Crippen LogP contribution in [0.3, 0.4) is 0 Å². The van der Waals surface area contributed by atoms with E-state index in [2.05, 4.69) is 20.3 Å². The number of fused-ring (bicyclic) bond motifs is 2. The number of ether oxygens (including phenoxy) is 2. The average molecular weight is 406 g/mol. The summed E-state index contributed by atoms with van der Waals surface area (Å²) in [5, 5.41) is 5.36. The number of thiazole rings is 1. The minimum Gasteiger partial charge on any atom is -0.486 e. The summed E-state index contributed by atoms with van der Waals surface area (Å²) in [5.74, 6) is 2.18. The Morgan fingerprint density at radius 3 is 2.86 bits per heavy atom. The van der Waals surface area contributed by atoms with Gasteiger partial charge >= 0.3 is 0 Å². The molecule has 0 aliphatic carbocycles. The number of benzene rings is 2. The Morgan fingerprint density at radius 1 is 1.10 bits per heavy atom. The number of imidazole rings is 1. The highest BCUT2D eigenvalue weighted by Gasteiger charge is 2.14. The number of para-hydroxylation sites is 2. The summed E-state index contributed by atoms with van der Waals surface area (Å²) in [6.07, 6.45) is 0.875. The van der Waals surface area contributed by atoms with E-state index in [4.69, 9.17) is 9.47 Å². The number of carbonyl (C=O) groups excluding carboxylic acids is 1. The molecule has 0 spiro atoms. The van der Waals surface area contributed by atoms with E-state index < -0.39 is 0 Å². The Balaban J connectivity index is 1.22. The first-order valence-corrected chi connectivity index (χ1v) is 10.2. The Kier molecular flexibility index (Phi) is 4.61. The van der Waals surface area contributed by atoms with Crippen LogP contribution in [0.15, 0.2) is 47.8 Å². The zero-order chi connectivity index (χ0) is 19.6. The number of H-pyrrole nitrogens is 1. The standard InChI is InChI=1S/C21H18N4O3S/c26-20(8-7-19-22-14-3-1-2-4-15(14)23-19)25-21-24-16(12-29-21)13-5-6-17-18(11-13)28-10-9-27-17/h1-6,11-12H,7-10H2,(H,22,23)(H,24,25,26). The third-order valence-corrected chi connectivity index (χ3v) is 5.37. The topological polar surface area (TPSA) is 89.1 Å². The number of nitrogens with zero attached hydrogens (tertiary/aromatic N) is 2. The molecular weight excluding hydrogens is 388 g/mol. The molecule has 2 N–H and O–H groups in total. The highest BCUT2D eigenvalue weighted by Crippen LogP contribution is 2.35. The number of rotatable bonds is 5. The first-order valence-electron chi connectivity index (χ1n) is 9.34. The van der Waals surface area contributed by atoms with Crippen LogP contribution < -0.4 is 14.8 Å². The van der Waals surface area contributed by atoms with E-state index in [9.17, 15) is 4.79 Å². The molecule has 0 atom stereocenters. The van der Waals surface area contributed by atoms with Crippen molar-refractivity contribution in [3.8, 4) is 22.8 Å². The number of amides is 1. The van der Waals surface area contributed by atoms with Crippen molar-refractivity contribution in [3.05, 3.63) is 53.7 Å². The summed E-state index contributed by atoms with van der Waals surface area (Å²) in [6, 6.07) is 13.6. The molecule has 1 aliphatic heterocycles. The molecule has 146 valence electrons. The van der Waals surface area contributed by atoms with Gasteiger partial charge in [-0.3, -0.25) is 4.79 Å². The van der Waals surface area contributed by atoms with Crippen molar-refractivity contribution in [3.63, 3.8) is 0 Å². The fraction of sp³-hybridized carbons (Fsp3) is 0.190. The van der Waals surface area contributed by atoms with Crippen molar-refractivity contribution < 1.29 is 14.3 Å². The number of aryl methyl sites for hydroxylation is 1. The first-order chi connectivity index (χ1) is 14.2. The third kappa shape index (κ3) is 3.79. The van der Waals surface area contributed by atoms with Gasteiger partial charge in [0.05, 0.1) is 16.7 Å². The smallest absolute Gasteiger partial charge is 0.226 e. The van der Waals surface area contributed by atoms with Gasteiger partial charge < -0.3 is 19.8 Å². The molecule has 0 saturated carbocycles. The van der Waals surface area contributed by atoms with E-state index in [-0.39, 0.29) is 5.91 Å². The van der Waals surface area contributed by atoms with Gasteiger partial charge in [-0.05, 0) is 30.3 Å². The molecule has 2 aromatic carbocycles. The number of hydrogen-bond donors (Lipinski definition) is 2. The number of aromatic nitrogens is 3. The number of nitrogens with one attached hydrogen (secondary N) is 2. The highest BCUT2D eigenvalue weighted by molar-refractivity contribution is 7.14. The molecule has 2 aromatic heterocycles. The molecule has 5 rings (SSSR count). The van der Waals surface area contributed by atoms with Crippen LogP contribution in [0.5, 0.6) is 11.5 Å². The molecule has 0 radical (unpaired) electrons. The Hall–Kier alpha value is -3.39. The first kappa shape index (κ1) is 17.7. The minimum absolute atomic E-state index is 0.0893. The Bertz CT molecular complexity index is 1150. The summed E-state index contributed by atoms with van der Waals surface area (Å²) < 4.78 is 11.2. The average Bonchev–Trinajstić information content (AvgIpc) is 3.38. The fourth-order valence-corrected chi connectivity index (χ4v) is 3.94. The summed E-state index contributed by atoms with van der Waals surface area (Å²) >= 11 is 1.40. The molecule has 8 heteroatoms. The van der Waals surface area contributed by atoms with Gasteiger partial charge in [-0.2, -0.15) is 0 Å². The predicted octanol–water partition coefficient (Wildman–Crippen LogP) is 4.03. The fourth-order valence-electron chi connectivity index (χ4n) is 3.20. The number of carbonyl (C=O) groups is 1. The third-order valence-electron chi connectivity index (χ3n) is 4.62. The summed E-state index contributed by atoms with van der Waals surface area (Å²) in [7, 11) is 0.